The molecule has 0 amide bonds. The smallest absolute Gasteiger partial charge is 0.161 e. The number of rotatable bonds is 7. The molecule has 0 bridgehead atoms. The van der Waals surface area contributed by atoms with Gasteiger partial charge in [0.2, 0.25) is 0 Å². The molecule has 0 saturated heterocycles. The Kier molecular flexibility index (Phi) is 5.95. The first-order valence-electron chi connectivity index (χ1n) is 6.12. The molecule has 0 atom stereocenters. The largest absolute Gasteiger partial charge is 0.487 e. The van der Waals surface area contributed by atoms with Crippen LogP contribution in [-0.2, 0) is 4.74 Å². The average Bonchev–Trinajstić information content (AvgIpc) is 2.32. The summed E-state index contributed by atoms with van der Waals surface area (Å²) in [5, 5.41) is 8.74. The van der Waals surface area contributed by atoms with Gasteiger partial charge in [-0.1, -0.05) is 12.1 Å². The summed E-state index contributed by atoms with van der Waals surface area (Å²) in [7, 11) is 0. The summed E-state index contributed by atoms with van der Waals surface area (Å²) >= 11 is 0. The number of ether oxygens (including phenoxy) is 3. The maximum atomic E-state index is 8.74. The Bertz CT molecular complexity index is 344. The molecule has 0 heterocycles. The molecule has 102 valence electrons. The zero-order valence-corrected chi connectivity index (χ0v) is 11.3. The van der Waals surface area contributed by atoms with Gasteiger partial charge in [-0.25, -0.2) is 0 Å². The van der Waals surface area contributed by atoms with E-state index in [1.807, 2.05) is 45.0 Å². The fourth-order valence-electron chi connectivity index (χ4n) is 1.34. The van der Waals surface area contributed by atoms with Crippen LogP contribution in [0.5, 0.6) is 11.5 Å². The molecule has 0 spiro atoms. The van der Waals surface area contributed by atoms with E-state index in [1.54, 1.807) is 0 Å². The minimum absolute atomic E-state index is 0.0124. The number of hydrogen-bond donors (Lipinski definition) is 1. The molecule has 1 aromatic carbocycles. The zero-order valence-electron chi connectivity index (χ0n) is 11.3. The van der Waals surface area contributed by atoms with E-state index in [2.05, 4.69) is 0 Å². The Morgan fingerprint density at radius 3 is 2.00 bits per heavy atom. The summed E-state index contributed by atoms with van der Waals surface area (Å²) in [6, 6.07) is 7.40. The van der Waals surface area contributed by atoms with E-state index in [4.69, 9.17) is 19.3 Å². The topological polar surface area (TPSA) is 47.9 Å². The van der Waals surface area contributed by atoms with Gasteiger partial charge in [0, 0.05) is 0 Å². The first-order chi connectivity index (χ1) is 8.53. The van der Waals surface area contributed by atoms with Crippen LogP contribution in [0.2, 0.25) is 0 Å². The van der Waals surface area contributed by atoms with Crippen molar-refractivity contribution in [3.05, 3.63) is 24.3 Å². The van der Waals surface area contributed by atoms with Crippen LogP contribution >= 0.6 is 0 Å². The quantitative estimate of drug-likeness (QED) is 0.758. The Morgan fingerprint density at radius 2 is 1.50 bits per heavy atom. The van der Waals surface area contributed by atoms with Crippen molar-refractivity contribution in [3.8, 4) is 11.5 Å². The lowest BCUT2D eigenvalue weighted by Crippen LogP contribution is -2.22. The van der Waals surface area contributed by atoms with Crippen molar-refractivity contribution in [1.29, 1.82) is 0 Å². The highest BCUT2D eigenvalue weighted by Crippen LogP contribution is 2.26. The van der Waals surface area contributed by atoms with Gasteiger partial charge in [-0.05, 0) is 32.9 Å². The number of aliphatic hydroxyl groups is 1. The molecule has 0 aliphatic heterocycles. The molecule has 0 fully saturated rings. The van der Waals surface area contributed by atoms with Crippen molar-refractivity contribution in [1.82, 2.24) is 0 Å². The maximum absolute atomic E-state index is 8.74. The van der Waals surface area contributed by atoms with Gasteiger partial charge in [0.25, 0.3) is 0 Å². The van der Waals surface area contributed by atoms with Crippen LogP contribution in [0.15, 0.2) is 24.3 Å². The van der Waals surface area contributed by atoms with Crippen LogP contribution in [0.1, 0.15) is 20.8 Å². The van der Waals surface area contributed by atoms with Crippen molar-refractivity contribution < 1.29 is 19.3 Å². The molecule has 0 saturated carbocycles. The van der Waals surface area contributed by atoms with Crippen molar-refractivity contribution in [2.45, 2.75) is 26.4 Å². The standard InChI is InChI=1S/C14H22O4/c1-14(2,3)18-11-10-17-13-7-5-4-6-12(13)16-9-8-15/h4-7,15H,8-11H2,1-3H3. The predicted molar refractivity (Wildman–Crippen MR) is 70.2 cm³/mol. The van der Waals surface area contributed by atoms with Gasteiger partial charge >= 0.3 is 0 Å². The summed E-state index contributed by atoms with van der Waals surface area (Å²) in [5.41, 5.74) is -0.156. The van der Waals surface area contributed by atoms with Gasteiger partial charge in [0.1, 0.15) is 13.2 Å². The molecule has 0 aromatic heterocycles. The second kappa shape index (κ2) is 7.24. The van der Waals surface area contributed by atoms with Crippen LogP contribution in [0, 0.1) is 0 Å². The minimum Gasteiger partial charge on any atom is -0.487 e. The van der Waals surface area contributed by atoms with Gasteiger partial charge in [-0.3, -0.25) is 0 Å². The van der Waals surface area contributed by atoms with Crippen LogP contribution in [0.3, 0.4) is 0 Å². The maximum Gasteiger partial charge on any atom is 0.161 e. The summed E-state index contributed by atoms with van der Waals surface area (Å²) in [4.78, 5) is 0. The lowest BCUT2D eigenvalue weighted by molar-refractivity contribution is -0.0166. The number of aliphatic hydroxyl groups excluding tert-OH is 1. The SMILES string of the molecule is CC(C)(C)OCCOc1ccccc1OCCO. The highest BCUT2D eigenvalue weighted by atomic mass is 16.5. The number of para-hydroxylation sites is 2. The van der Waals surface area contributed by atoms with E-state index >= 15 is 0 Å². The van der Waals surface area contributed by atoms with Gasteiger partial charge in [-0.15, -0.1) is 0 Å². The van der Waals surface area contributed by atoms with Crippen molar-refractivity contribution in [3.63, 3.8) is 0 Å². The fraction of sp³-hybridized carbons (Fsp3) is 0.571. The molecular weight excluding hydrogens is 232 g/mol. The molecule has 1 aromatic rings. The van der Waals surface area contributed by atoms with E-state index in [-0.39, 0.29) is 18.8 Å². The van der Waals surface area contributed by atoms with E-state index in [0.717, 1.165) is 0 Å². The van der Waals surface area contributed by atoms with Crippen LogP contribution in [0.4, 0.5) is 0 Å². The van der Waals surface area contributed by atoms with E-state index in [0.29, 0.717) is 24.7 Å². The molecule has 4 nitrogen and oxygen atoms in total. The molecule has 18 heavy (non-hydrogen) atoms. The van der Waals surface area contributed by atoms with Crippen LogP contribution in [0.25, 0.3) is 0 Å². The molecular formula is C14H22O4. The third kappa shape index (κ3) is 5.89. The highest BCUT2D eigenvalue weighted by molar-refractivity contribution is 5.39. The van der Waals surface area contributed by atoms with E-state index in [9.17, 15) is 0 Å². The highest BCUT2D eigenvalue weighted by Gasteiger charge is 2.10. The number of hydrogen-bond acceptors (Lipinski definition) is 4. The van der Waals surface area contributed by atoms with Gasteiger partial charge in [0.05, 0.1) is 18.8 Å². The fourth-order valence-corrected chi connectivity index (χ4v) is 1.34. The number of benzene rings is 1. The molecule has 0 radical (unpaired) electrons. The second-order valence-corrected chi connectivity index (χ2v) is 4.83. The van der Waals surface area contributed by atoms with Crippen molar-refractivity contribution in [2.75, 3.05) is 26.4 Å². The summed E-state index contributed by atoms with van der Waals surface area (Å²) in [5.74, 6) is 1.31. The first-order valence-corrected chi connectivity index (χ1v) is 6.12. The van der Waals surface area contributed by atoms with Gasteiger partial charge in [-0.2, -0.15) is 0 Å². The Balaban J connectivity index is 2.41. The van der Waals surface area contributed by atoms with Crippen LogP contribution in [-0.4, -0.2) is 37.1 Å². The predicted octanol–water partition coefficient (Wildman–Crippen LogP) is 2.25. The summed E-state index contributed by atoms with van der Waals surface area (Å²) in [6.45, 7) is 7.26. The minimum atomic E-state index is -0.156. The normalized spacial score (nSPS) is 11.3. The molecule has 1 rings (SSSR count). The third-order valence-electron chi connectivity index (χ3n) is 2.07. The van der Waals surface area contributed by atoms with Gasteiger partial charge < -0.3 is 19.3 Å². The molecule has 4 heteroatoms. The van der Waals surface area contributed by atoms with E-state index in [1.165, 1.54) is 0 Å². The first kappa shape index (κ1) is 14.8. The Labute approximate surface area is 108 Å². The van der Waals surface area contributed by atoms with Crippen molar-refractivity contribution >= 4 is 0 Å². The van der Waals surface area contributed by atoms with Crippen LogP contribution < -0.4 is 9.47 Å². The Hall–Kier alpha value is -1.26. The zero-order chi connectivity index (χ0) is 13.4. The molecule has 0 aliphatic rings. The third-order valence-corrected chi connectivity index (χ3v) is 2.07. The van der Waals surface area contributed by atoms with Gasteiger partial charge in [0.15, 0.2) is 11.5 Å². The van der Waals surface area contributed by atoms with Crippen molar-refractivity contribution in [2.24, 2.45) is 0 Å². The lowest BCUT2D eigenvalue weighted by Gasteiger charge is -2.19. The molecule has 0 unspecified atom stereocenters. The average molecular weight is 254 g/mol. The summed E-state index contributed by atoms with van der Waals surface area (Å²) in [6.07, 6.45) is 0. The monoisotopic (exact) mass is 254 g/mol. The Morgan fingerprint density at radius 1 is 0.944 bits per heavy atom. The second-order valence-electron chi connectivity index (χ2n) is 4.83. The lowest BCUT2D eigenvalue weighted by atomic mass is 10.2. The summed E-state index contributed by atoms with van der Waals surface area (Å²) < 4.78 is 16.5. The van der Waals surface area contributed by atoms with E-state index < -0.39 is 0 Å². The molecule has 1 N–H and O–H groups in total. The molecule has 0 aliphatic carbocycles.